The van der Waals surface area contributed by atoms with Gasteiger partial charge in [-0.3, -0.25) is 10.0 Å². The molecule has 2 aromatic carbocycles. The normalized spacial score (nSPS) is 10.8. The van der Waals surface area contributed by atoms with E-state index in [0.717, 1.165) is 0 Å². The fraction of sp³-hybridized carbons (Fsp3) is 0.188. The van der Waals surface area contributed by atoms with E-state index in [1.165, 1.54) is 25.3 Å². The molecule has 0 unspecified atom stereocenters. The predicted molar refractivity (Wildman–Crippen MR) is 90.9 cm³/mol. The Balaban J connectivity index is 2.31. The van der Waals surface area contributed by atoms with Crippen LogP contribution in [0.2, 0.25) is 0 Å². The number of anilines is 2. The number of ether oxygens (including phenoxy) is 2. The van der Waals surface area contributed by atoms with E-state index in [4.69, 9.17) is 9.47 Å². The highest BCUT2D eigenvalue weighted by Gasteiger charge is 2.18. The van der Waals surface area contributed by atoms with E-state index in [-0.39, 0.29) is 17.2 Å². The third-order valence-electron chi connectivity index (χ3n) is 3.02. The minimum atomic E-state index is -3.81. The van der Waals surface area contributed by atoms with E-state index < -0.39 is 16.1 Å². The van der Waals surface area contributed by atoms with Crippen LogP contribution in [-0.2, 0) is 14.8 Å². The van der Waals surface area contributed by atoms with Crippen LogP contribution in [0.3, 0.4) is 0 Å². The van der Waals surface area contributed by atoms with Gasteiger partial charge in [-0.05, 0) is 37.3 Å². The molecule has 2 rings (SSSR count). The van der Waals surface area contributed by atoms with Gasteiger partial charge in [-0.1, -0.05) is 18.2 Å². The van der Waals surface area contributed by atoms with Gasteiger partial charge in [-0.15, -0.1) is 0 Å². The fourth-order valence-electron chi connectivity index (χ4n) is 1.95. The molecule has 2 aromatic rings. The van der Waals surface area contributed by atoms with Crippen molar-refractivity contribution in [1.29, 1.82) is 0 Å². The Hall–Kier alpha value is -2.74. The lowest BCUT2D eigenvalue weighted by Crippen LogP contribution is -2.16. The Morgan fingerprint density at radius 3 is 2.46 bits per heavy atom. The first-order valence-electron chi connectivity index (χ1n) is 7.16. The quantitative estimate of drug-likeness (QED) is 0.835. The van der Waals surface area contributed by atoms with Gasteiger partial charge in [0.1, 0.15) is 5.75 Å². The number of amides is 1. The van der Waals surface area contributed by atoms with Crippen molar-refractivity contribution < 1.29 is 22.7 Å². The van der Waals surface area contributed by atoms with Gasteiger partial charge in [0.25, 0.3) is 10.0 Å². The van der Waals surface area contributed by atoms with Gasteiger partial charge in [0.05, 0.1) is 24.3 Å². The van der Waals surface area contributed by atoms with Gasteiger partial charge in [0.2, 0.25) is 0 Å². The molecule has 1 amide bonds. The van der Waals surface area contributed by atoms with E-state index in [9.17, 15) is 13.2 Å². The number of nitrogens with one attached hydrogen (secondary N) is 2. The number of para-hydroxylation sites is 1. The average Bonchev–Trinajstić information content (AvgIpc) is 2.55. The lowest BCUT2D eigenvalue weighted by molar-refractivity contribution is 0.168. The highest BCUT2D eigenvalue weighted by Crippen LogP contribution is 2.28. The molecule has 128 valence electrons. The molecule has 0 heterocycles. The molecule has 0 atom stereocenters. The predicted octanol–water partition coefficient (Wildman–Crippen LogP) is 3.06. The molecule has 0 aromatic heterocycles. The van der Waals surface area contributed by atoms with Gasteiger partial charge < -0.3 is 9.47 Å². The first-order valence-corrected chi connectivity index (χ1v) is 8.64. The van der Waals surface area contributed by atoms with Crippen LogP contribution >= 0.6 is 0 Å². The largest absolute Gasteiger partial charge is 0.495 e. The molecule has 0 saturated heterocycles. The molecule has 0 saturated carbocycles. The smallest absolute Gasteiger partial charge is 0.411 e. The standard InChI is InChI=1S/C16H18N2O5S/c1-3-23-16(19)17-14-11-13(9-10-15(14)22-2)24(20,21)18-12-7-5-4-6-8-12/h4-11,18H,3H2,1-2H3,(H,17,19). The number of carbonyl (C=O) groups is 1. The van der Waals surface area contributed by atoms with Gasteiger partial charge in [0.15, 0.2) is 0 Å². The van der Waals surface area contributed by atoms with Crippen LogP contribution in [0.4, 0.5) is 16.2 Å². The van der Waals surface area contributed by atoms with Gasteiger partial charge >= 0.3 is 6.09 Å². The summed E-state index contributed by atoms with van der Waals surface area (Å²) in [5.74, 6) is 0.321. The first-order chi connectivity index (χ1) is 11.5. The summed E-state index contributed by atoms with van der Waals surface area (Å²) in [6.07, 6.45) is -0.693. The van der Waals surface area contributed by atoms with E-state index in [0.29, 0.717) is 11.4 Å². The van der Waals surface area contributed by atoms with Crippen LogP contribution in [-0.4, -0.2) is 28.2 Å². The van der Waals surface area contributed by atoms with Crippen LogP contribution in [0.1, 0.15) is 6.92 Å². The Labute approximate surface area is 140 Å². The third-order valence-corrected chi connectivity index (χ3v) is 4.40. The lowest BCUT2D eigenvalue weighted by Gasteiger charge is -2.13. The number of hydrogen-bond acceptors (Lipinski definition) is 5. The molecule has 0 aliphatic rings. The number of sulfonamides is 1. The number of methoxy groups -OCH3 is 1. The maximum Gasteiger partial charge on any atom is 0.411 e. The van der Waals surface area contributed by atoms with Gasteiger partial charge in [0, 0.05) is 5.69 Å². The number of rotatable bonds is 6. The molecule has 0 spiro atoms. The molecule has 0 aliphatic heterocycles. The summed E-state index contributed by atoms with van der Waals surface area (Å²) in [5.41, 5.74) is 0.639. The van der Waals surface area contributed by atoms with Crippen molar-refractivity contribution in [3.8, 4) is 5.75 Å². The van der Waals surface area contributed by atoms with Crippen LogP contribution in [0.25, 0.3) is 0 Å². The molecule has 0 radical (unpaired) electrons. The topological polar surface area (TPSA) is 93.7 Å². The minimum Gasteiger partial charge on any atom is -0.495 e. The summed E-state index contributed by atoms with van der Waals surface area (Å²) in [4.78, 5) is 11.6. The molecule has 0 fully saturated rings. The Bertz CT molecular complexity index is 806. The second kappa shape index (κ2) is 7.69. The summed E-state index contributed by atoms with van der Waals surface area (Å²) in [7, 11) is -2.39. The molecule has 7 nitrogen and oxygen atoms in total. The van der Waals surface area contributed by atoms with Crippen molar-refractivity contribution in [2.75, 3.05) is 23.8 Å². The van der Waals surface area contributed by atoms with E-state index in [1.54, 1.807) is 37.3 Å². The van der Waals surface area contributed by atoms with Crippen molar-refractivity contribution in [1.82, 2.24) is 0 Å². The van der Waals surface area contributed by atoms with Crippen LogP contribution in [0.15, 0.2) is 53.4 Å². The van der Waals surface area contributed by atoms with E-state index >= 15 is 0 Å². The highest BCUT2D eigenvalue weighted by molar-refractivity contribution is 7.92. The zero-order valence-electron chi connectivity index (χ0n) is 13.3. The lowest BCUT2D eigenvalue weighted by atomic mass is 10.3. The summed E-state index contributed by atoms with van der Waals surface area (Å²) in [5, 5.41) is 2.46. The first kappa shape index (κ1) is 17.6. The highest BCUT2D eigenvalue weighted by atomic mass is 32.2. The van der Waals surface area contributed by atoms with E-state index in [1.807, 2.05) is 0 Å². The maximum atomic E-state index is 12.5. The second-order valence-electron chi connectivity index (χ2n) is 4.68. The Morgan fingerprint density at radius 2 is 1.83 bits per heavy atom. The van der Waals surface area contributed by atoms with Crippen molar-refractivity contribution in [2.24, 2.45) is 0 Å². The van der Waals surface area contributed by atoms with Crippen molar-refractivity contribution in [2.45, 2.75) is 11.8 Å². The van der Waals surface area contributed by atoms with Gasteiger partial charge in [-0.2, -0.15) is 0 Å². The van der Waals surface area contributed by atoms with Crippen molar-refractivity contribution in [3.63, 3.8) is 0 Å². The molecule has 0 aliphatic carbocycles. The van der Waals surface area contributed by atoms with Crippen LogP contribution in [0, 0.1) is 0 Å². The number of benzene rings is 2. The molecular weight excluding hydrogens is 332 g/mol. The van der Waals surface area contributed by atoms with Crippen molar-refractivity contribution in [3.05, 3.63) is 48.5 Å². The SMILES string of the molecule is CCOC(=O)Nc1cc(S(=O)(=O)Nc2ccccc2)ccc1OC. The van der Waals surface area contributed by atoms with E-state index in [2.05, 4.69) is 10.0 Å². The summed E-state index contributed by atoms with van der Waals surface area (Å²) in [6, 6.07) is 12.7. The molecule has 8 heteroatoms. The number of carbonyl (C=O) groups excluding carboxylic acids is 1. The summed E-state index contributed by atoms with van der Waals surface area (Å²) >= 11 is 0. The summed E-state index contributed by atoms with van der Waals surface area (Å²) in [6.45, 7) is 1.86. The monoisotopic (exact) mass is 350 g/mol. The average molecular weight is 350 g/mol. The van der Waals surface area contributed by atoms with Crippen molar-refractivity contribution >= 4 is 27.5 Å². The van der Waals surface area contributed by atoms with Gasteiger partial charge in [-0.25, -0.2) is 13.2 Å². The molecule has 24 heavy (non-hydrogen) atoms. The zero-order chi connectivity index (χ0) is 17.6. The Morgan fingerprint density at radius 1 is 1.12 bits per heavy atom. The number of hydrogen-bond donors (Lipinski definition) is 2. The zero-order valence-corrected chi connectivity index (χ0v) is 14.1. The second-order valence-corrected chi connectivity index (χ2v) is 6.36. The minimum absolute atomic E-state index is 0.0149. The molecule has 2 N–H and O–H groups in total. The maximum absolute atomic E-state index is 12.5. The fourth-order valence-corrected chi connectivity index (χ4v) is 3.03. The molecule has 0 bridgehead atoms. The Kier molecular flexibility index (Phi) is 5.64. The summed E-state index contributed by atoms with van der Waals surface area (Å²) < 4.78 is 37.3. The van der Waals surface area contributed by atoms with Crippen LogP contribution < -0.4 is 14.8 Å². The van der Waals surface area contributed by atoms with Crippen LogP contribution in [0.5, 0.6) is 5.75 Å². The molecular formula is C16H18N2O5S. The third kappa shape index (κ3) is 4.39.